The Balaban J connectivity index is 1.98. The number of nitrogens with one attached hydrogen (secondary N) is 2. The Bertz CT molecular complexity index is 836. The smallest absolute Gasteiger partial charge is 0.247 e. The van der Waals surface area contributed by atoms with Gasteiger partial charge in [-0.15, -0.1) is 0 Å². The van der Waals surface area contributed by atoms with Gasteiger partial charge in [0.25, 0.3) is 0 Å². The Morgan fingerprint density at radius 2 is 1.97 bits per heavy atom. The van der Waals surface area contributed by atoms with Crippen LogP contribution in [-0.4, -0.2) is 54.0 Å². The number of aliphatic hydroxyl groups is 1. The molecule has 1 aliphatic carbocycles. The molecule has 0 unspecified atom stereocenters. The number of aryl methyl sites for hydroxylation is 1. The largest absolute Gasteiger partial charge is 0.395 e. The van der Waals surface area contributed by atoms with Crippen molar-refractivity contribution in [3.8, 4) is 0 Å². The topological polar surface area (TPSA) is 98.7 Å². The van der Waals surface area contributed by atoms with Crippen molar-refractivity contribution < 1.29 is 19.5 Å². The molecule has 5 atom stereocenters. The maximum absolute atomic E-state index is 13.3. The van der Waals surface area contributed by atoms with E-state index in [0.29, 0.717) is 10.7 Å². The van der Waals surface area contributed by atoms with E-state index in [1.165, 1.54) is 11.9 Å². The number of amides is 3. The number of likely N-dealkylation sites (tertiary alicyclic amines) is 1. The Morgan fingerprint density at radius 1 is 1.24 bits per heavy atom. The normalized spacial score (nSPS) is 28.2. The van der Waals surface area contributed by atoms with Gasteiger partial charge in [-0.05, 0) is 24.5 Å². The van der Waals surface area contributed by atoms with Gasteiger partial charge in [-0.1, -0.05) is 42.8 Å². The van der Waals surface area contributed by atoms with Crippen molar-refractivity contribution in [2.45, 2.75) is 19.9 Å². The molecule has 1 aliphatic heterocycles. The summed E-state index contributed by atoms with van der Waals surface area (Å²) >= 11 is 6.24. The van der Waals surface area contributed by atoms with Crippen molar-refractivity contribution in [1.29, 1.82) is 0 Å². The van der Waals surface area contributed by atoms with E-state index >= 15 is 0 Å². The molecule has 1 fully saturated rings. The number of benzene rings is 1. The summed E-state index contributed by atoms with van der Waals surface area (Å²) in [6.07, 6.45) is 3.74. The molecule has 156 valence electrons. The summed E-state index contributed by atoms with van der Waals surface area (Å²) in [7, 11) is 1.54. The number of carbonyl (C=O) groups excluding carboxylic acids is 3. The first-order valence-corrected chi connectivity index (χ1v) is 10.1. The van der Waals surface area contributed by atoms with Crippen molar-refractivity contribution in [3.05, 3.63) is 40.9 Å². The van der Waals surface area contributed by atoms with E-state index in [1.54, 1.807) is 12.1 Å². The average Bonchev–Trinajstić information content (AvgIpc) is 2.96. The first-order chi connectivity index (χ1) is 13.8. The van der Waals surface area contributed by atoms with E-state index in [-0.39, 0.29) is 36.8 Å². The van der Waals surface area contributed by atoms with Crippen LogP contribution in [0.4, 0.5) is 5.69 Å². The number of allylic oxidation sites excluding steroid dienone is 1. The zero-order valence-electron chi connectivity index (χ0n) is 16.7. The molecule has 2 aliphatic rings. The molecular formula is C21H26ClN3O4. The van der Waals surface area contributed by atoms with Crippen molar-refractivity contribution in [2.24, 2.45) is 23.7 Å². The van der Waals surface area contributed by atoms with Gasteiger partial charge < -0.3 is 20.6 Å². The molecule has 8 heteroatoms. The van der Waals surface area contributed by atoms with Crippen molar-refractivity contribution in [1.82, 2.24) is 10.2 Å². The summed E-state index contributed by atoms with van der Waals surface area (Å²) in [6, 6.07) is 4.48. The number of hydrogen-bond acceptors (Lipinski definition) is 4. The standard InChI is InChI=1S/C21H26ClN3O4/c1-11-7-8-13-16(15(11)19(27)23-3)21(29)25(9-10-26)18(13)20(28)24-17-12(2)5-4-6-14(17)22/h4-8,11,13,15-16,18,26H,9-10H2,1-3H3,(H,23,27)(H,24,28)/t11-,13+,15-,16+,18+/m1/s1. The van der Waals surface area contributed by atoms with Gasteiger partial charge in [0, 0.05) is 19.5 Å². The first-order valence-electron chi connectivity index (χ1n) is 9.69. The van der Waals surface area contributed by atoms with Gasteiger partial charge in [0.15, 0.2) is 0 Å². The van der Waals surface area contributed by atoms with Gasteiger partial charge in [0.05, 0.1) is 29.2 Å². The van der Waals surface area contributed by atoms with Crippen LogP contribution in [0.15, 0.2) is 30.4 Å². The SMILES string of the molecule is CNC(=O)[C@H]1[C@H]2C(=O)N(CCO)[C@H](C(=O)Nc3c(C)cccc3Cl)[C@H]2C=C[C@H]1C. The zero-order chi connectivity index (χ0) is 21.3. The van der Waals surface area contributed by atoms with Gasteiger partial charge in [0.2, 0.25) is 17.7 Å². The number of rotatable bonds is 5. The minimum absolute atomic E-state index is 0.0219. The molecule has 1 heterocycles. The third kappa shape index (κ3) is 3.76. The van der Waals surface area contributed by atoms with Crippen molar-refractivity contribution in [2.75, 3.05) is 25.5 Å². The number of aliphatic hydroxyl groups excluding tert-OH is 1. The van der Waals surface area contributed by atoms with E-state index in [1.807, 2.05) is 32.1 Å². The minimum atomic E-state index is -0.828. The number of carbonyl (C=O) groups is 3. The predicted octanol–water partition coefficient (Wildman–Crippen LogP) is 1.59. The predicted molar refractivity (Wildman–Crippen MR) is 110 cm³/mol. The summed E-state index contributed by atoms with van der Waals surface area (Å²) in [5.74, 6) is -2.71. The monoisotopic (exact) mass is 419 g/mol. The number of fused-ring (bicyclic) bond motifs is 1. The van der Waals surface area contributed by atoms with Crippen molar-refractivity contribution in [3.63, 3.8) is 0 Å². The average molecular weight is 420 g/mol. The second-order valence-corrected chi connectivity index (χ2v) is 8.02. The second-order valence-electron chi connectivity index (χ2n) is 7.61. The molecule has 0 saturated carbocycles. The summed E-state index contributed by atoms with van der Waals surface area (Å²) < 4.78 is 0. The number of halogens is 1. The molecule has 3 N–H and O–H groups in total. The molecule has 0 aromatic heterocycles. The fourth-order valence-corrected chi connectivity index (χ4v) is 4.76. The number of β-amino-alcohol motifs (C(OH)–C–C–N with tert-alkyl or cyclic N) is 1. The molecule has 0 spiro atoms. The van der Waals surface area contributed by atoms with Crippen LogP contribution in [0.25, 0.3) is 0 Å². The zero-order valence-corrected chi connectivity index (χ0v) is 17.4. The fourth-order valence-electron chi connectivity index (χ4n) is 4.49. The maximum Gasteiger partial charge on any atom is 0.247 e. The Hall–Kier alpha value is -2.38. The lowest BCUT2D eigenvalue weighted by Gasteiger charge is -2.32. The second kappa shape index (κ2) is 8.55. The molecule has 0 bridgehead atoms. The highest BCUT2D eigenvalue weighted by molar-refractivity contribution is 6.34. The molecule has 1 aromatic carbocycles. The molecular weight excluding hydrogens is 394 g/mol. The minimum Gasteiger partial charge on any atom is -0.395 e. The van der Waals surface area contributed by atoms with Crippen LogP contribution in [0.3, 0.4) is 0 Å². The van der Waals surface area contributed by atoms with Gasteiger partial charge in [0.1, 0.15) is 6.04 Å². The lowest BCUT2D eigenvalue weighted by atomic mass is 9.70. The van der Waals surface area contributed by atoms with E-state index in [2.05, 4.69) is 10.6 Å². The quantitative estimate of drug-likeness (QED) is 0.631. The highest BCUT2D eigenvalue weighted by Gasteiger charge is 2.56. The van der Waals surface area contributed by atoms with Crippen LogP contribution in [0.5, 0.6) is 0 Å². The van der Waals surface area contributed by atoms with Gasteiger partial charge >= 0.3 is 0 Å². The maximum atomic E-state index is 13.3. The van der Waals surface area contributed by atoms with Crippen LogP contribution in [-0.2, 0) is 14.4 Å². The third-order valence-corrected chi connectivity index (χ3v) is 6.22. The van der Waals surface area contributed by atoms with Crippen LogP contribution < -0.4 is 10.6 Å². The van der Waals surface area contributed by atoms with E-state index < -0.39 is 23.8 Å². The Morgan fingerprint density at radius 3 is 2.59 bits per heavy atom. The molecule has 1 saturated heterocycles. The molecule has 29 heavy (non-hydrogen) atoms. The van der Waals surface area contributed by atoms with E-state index in [9.17, 15) is 19.5 Å². The van der Waals surface area contributed by atoms with Crippen LogP contribution in [0.2, 0.25) is 5.02 Å². The van der Waals surface area contributed by atoms with Crippen molar-refractivity contribution >= 4 is 35.0 Å². The highest BCUT2D eigenvalue weighted by atomic mass is 35.5. The fraction of sp³-hybridized carbons (Fsp3) is 0.476. The van der Waals surface area contributed by atoms with Gasteiger partial charge in [-0.3, -0.25) is 14.4 Å². The summed E-state index contributed by atoms with van der Waals surface area (Å²) in [5, 5.41) is 15.4. The summed E-state index contributed by atoms with van der Waals surface area (Å²) in [4.78, 5) is 40.3. The third-order valence-electron chi connectivity index (χ3n) is 5.90. The molecule has 1 aromatic rings. The molecule has 0 radical (unpaired) electrons. The van der Waals surface area contributed by atoms with E-state index in [0.717, 1.165) is 5.56 Å². The lowest BCUT2D eigenvalue weighted by Crippen LogP contribution is -2.45. The van der Waals surface area contributed by atoms with Gasteiger partial charge in [-0.25, -0.2) is 0 Å². The Labute approximate surface area is 175 Å². The number of hydrogen-bond donors (Lipinski definition) is 3. The van der Waals surface area contributed by atoms with Crippen LogP contribution >= 0.6 is 11.6 Å². The molecule has 3 amide bonds. The van der Waals surface area contributed by atoms with E-state index in [4.69, 9.17) is 11.6 Å². The molecule has 3 rings (SSSR count). The van der Waals surface area contributed by atoms with Gasteiger partial charge in [-0.2, -0.15) is 0 Å². The lowest BCUT2D eigenvalue weighted by molar-refractivity contribution is -0.140. The molecule has 7 nitrogen and oxygen atoms in total. The van der Waals surface area contributed by atoms with Crippen LogP contribution in [0.1, 0.15) is 12.5 Å². The number of anilines is 1. The number of nitrogens with zero attached hydrogens (tertiary/aromatic N) is 1. The number of para-hydroxylation sites is 1. The Kier molecular flexibility index (Phi) is 6.29. The summed E-state index contributed by atoms with van der Waals surface area (Å²) in [6.45, 7) is 3.47. The first kappa shape index (κ1) is 21.3. The van der Waals surface area contributed by atoms with Crippen LogP contribution in [0, 0.1) is 30.6 Å². The summed E-state index contributed by atoms with van der Waals surface area (Å²) in [5.41, 5.74) is 1.30. The highest BCUT2D eigenvalue weighted by Crippen LogP contribution is 2.44.